The van der Waals surface area contributed by atoms with E-state index in [0.29, 0.717) is 0 Å². The van der Waals surface area contributed by atoms with Crippen LogP contribution in [0.4, 0.5) is 5.69 Å². The average molecular weight is 206 g/mol. The first-order valence-corrected chi connectivity index (χ1v) is 5.98. The first-order valence-electron chi connectivity index (χ1n) is 4.59. The van der Waals surface area contributed by atoms with Gasteiger partial charge in [-0.25, -0.2) is 0 Å². The molecular weight excluding hydrogens is 194 g/mol. The summed E-state index contributed by atoms with van der Waals surface area (Å²) in [7, 11) is 0.0719. The maximum absolute atomic E-state index is 10.5. The summed E-state index contributed by atoms with van der Waals surface area (Å²) in [6.45, 7) is 2.14. The predicted molar refractivity (Wildman–Crippen MR) is 60.4 cm³/mol. The Labute approximate surface area is 86.4 Å². The fourth-order valence-corrected chi connectivity index (χ4v) is 3.53. The molecule has 0 saturated heterocycles. The van der Waals surface area contributed by atoms with Gasteiger partial charge >= 0.3 is 0 Å². The second-order valence-corrected chi connectivity index (χ2v) is 5.21. The predicted octanol–water partition coefficient (Wildman–Crippen LogP) is 2.15. The fraction of sp³-hybridized carbons (Fsp3) is 0.182. The third-order valence-corrected chi connectivity index (χ3v) is 4.42. The van der Waals surface area contributed by atoms with Crippen molar-refractivity contribution in [3.05, 3.63) is 35.4 Å². The van der Waals surface area contributed by atoms with Gasteiger partial charge in [0.15, 0.2) is 4.90 Å². The van der Waals surface area contributed by atoms with Crippen LogP contribution in [0.1, 0.15) is 6.92 Å². The average Bonchev–Trinajstić information content (AvgIpc) is 2.55. The zero-order chi connectivity index (χ0) is 9.97. The molecule has 1 unspecified atom stereocenters. The number of allylic oxidation sites excluding steroid dienone is 1. The number of rotatable bonds is 2. The highest BCUT2D eigenvalue weighted by molar-refractivity contribution is 8.01. The third-order valence-electron chi connectivity index (χ3n) is 2.18. The number of carbonyl (C=O) groups is 1. The summed E-state index contributed by atoms with van der Waals surface area (Å²) < 4.78 is 0. The molecule has 1 aliphatic heterocycles. The van der Waals surface area contributed by atoms with E-state index in [1.165, 1.54) is 4.90 Å². The molecule has 72 valence electrons. The number of para-hydroxylation sites is 1. The van der Waals surface area contributed by atoms with E-state index in [-0.39, 0.29) is 10.9 Å². The lowest BCUT2D eigenvalue weighted by Gasteiger charge is -1.96. The number of nitrogens with one attached hydrogen (secondary N) is 1. The van der Waals surface area contributed by atoms with Crippen molar-refractivity contribution >= 4 is 22.9 Å². The number of hydrogen-bond donors (Lipinski definition) is 1. The van der Waals surface area contributed by atoms with E-state index in [0.717, 1.165) is 22.8 Å². The molecule has 3 heteroatoms. The van der Waals surface area contributed by atoms with Crippen LogP contribution in [0, 0.1) is 0 Å². The summed E-state index contributed by atoms with van der Waals surface area (Å²) in [5, 5.41) is 4.32. The van der Waals surface area contributed by atoms with E-state index in [2.05, 4.69) is 24.4 Å². The Balaban J connectivity index is 2.43. The number of fused-ring (bicyclic) bond motifs is 1. The lowest BCUT2D eigenvalue weighted by Crippen LogP contribution is -2.06. The lowest BCUT2D eigenvalue weighted by atomic mass is 10.3. The summed E-state index contributed by atoms with van der Waals surface area (Å²) in [6.07, 6.45) is 2.48. The minimum absolute atomic E-state index is 0.0719. The molecule has 2 nitrogen and oxygen atoms in total. The summed E-state index contributed by atoms with van der Waals surface area (Å²) in [5.41, 5.74) is 1.14. The molecule has 0 aromatic heterocycles. The van der Waals surface area contributed by atoms with Gasteiger partial charge in [0.05, 0.1) is 22.7 Å². The van der Waals surface area contributed by atoms with Crippen molar-refractivity contribution in [1.82, 2.24) is 0 Å². The van der Waals surface area contributed by atoms with Gasteiger partial charge in [-0.05, 0) is 19.1 Å². The minimum atomic E-state index is 0.0719. The SMILES string of the molecule is CC[S+]1C(=CC=O)Nc2ccccc21. The van der Waals surface area contributed by atoms with Crippen LogP contribution in [-0.2, 0) is 15.7 Å². The molecule has 0 radical (unpaired) electrons. The van der Waals surface area contributed by atoms with Crippen molar-refractivity contribution in [1.29, 1.82) is 0 Å². The molecule has 0 aliphatic carbocycles. The number of anilines is 1. The van der Waals surface area contributed by atoms with Gasteiger partial charge in [-0.2, -0.15) is 0 Å². The van der Waals surface area contributed by atoms with Crippen LogP contribution >= 0.6 is 0 Å². The first-order chi connectivity index (χ1) is 6.86. The highest BCUT2D eigenvalue weighted by Gasteiger charge is 2.35. The normalized spacial score (nSPS) is 21.8. The molecule has 14 heavy (non-hydrogen) atoms. The molecule has 1 atom stereocenters. The largest absolute Gasteiger partial charge is 0.311 e. The summed E-state index contributed by atoms with van der Waals surface area (Å²) in [4.78, 5) is 11.8. The van der Waals surface area contributed by atoms with E-state index in [9.17, 15) is 4.79 Å². The van der Waals surface area contributed by atoms with Crippen molar-refractivity contribution in [3.8, 4) is 0 Å². The van der Waals surface area contributed by atoms with Crippen molar-refractivity contribution < 1.29 is 4.79 Å². The van der Waals surface area contributed by atoms with Gasteiger partial charge in [-0.1, -0.05) is 12.1 Å². The van der Waals surface area contributed by atoms with Gasteiger partial charge in [-0.15, -0.1) is 0 Å². The van der Waals surface area contributed by atoms with Crippen molar-refractivity contribution in [2.45, 2.75) is 11.8 Å². The van der Waals surface area contributed by atoms with Crippen LogP contribution in [0.3, 0.4) is 0 Å². The monoisotopic (exact) mass is 206 g/mol. The molecule has 2 rings (SSSR count). The highest BCUT2D eigenvalue weighted by atomic mass is 32.2. The van der Waals surface area contributed by atoms with Gasteiger partial charge in [0.1, 0.15) is 12.0 Å². The van der Waals surface area contributed by atoms with Crippen LogP contribution in [0.2, 0.25) is 0 Å². The Bertz CT molecular complexity index is 387. The van der Waals surface area contributed by atoms with Crippen LogP contribution in [-0.4, -0.2) is 12.0 Å². The van der Waals surface area contributed by atoms with Crippen LogP contribution < -0.4 is 5.32 Å². The summed E-state index contributed by atoms with van der Waals surface area (Å²) >= 11 is 0. The number of hydrogen-bond acceptors (Lipinski definition) is 2. The highest BCUT2D eigenvalue weighted by Crippen LogP contribution is 2.36. The van der Waals surface area contributed by atoms with E-state index >= 15 is 0 Å². The van der Waals surface area contributed by atoms with E-state index in [4.69, 9.17) is 0 Å². The van der Waals surface area contributed by atoms with Crippen LogP contribution in [0.15, 0.2) is 40.3 Å². The van der Waals surface area contributed by atoms with E-state index in [1.54, 1.807) is 6.08 Å². The fourth-order valence-electron chi connectivity index (χ4n) is 1.59. The van der Waals surface area contributed by atoms with Crippen LogP contribution in [0.5, 0.6) is 0 Å². The second kappa shape index (κ2) is 3.88. The molecular formula is C11H12NOS+. The molecule has 1 aromatic carbocycles. The molecule has 1 aliphatic rings. The Morgan fingerprint density at radius 2 is 2.21 bits per heavy atom. The number of benzene rings is 1. The Hall–Kier alpha value is -1.22. The summed E-state index contributed by atoms with van der Waals surface area (Å²) in [6, 6.07) is 8.23. The first kappa shape index (κ1) is 9.34. The van der Waals surface area contributed by atoms with Gasteiger partial charge < -0.3 is 5.32 Å². The van der Waals surface area contributed by atoms with Crippen molar-refractivity contribution in [3.63, 3.8) is 0 Å². The van der Waals surface area contributed by atoms with E-state index < -0.39 is 0 Å². The molecule has 0 saturated carbocycles. The zero-order valence-corrected chi connectivity index (χ0v) is 8.80. The standard InChI is InChI=1S/C11H11NOS/c1-2-14-10-6-4-3-5-9(10)12-11(14)7-8-13/h3-8H,2H2,1H3/p+1. The van der Waals surface area contributed by atoms with Gasteiger partial charge in [0.25, 0.3) is 0 Å². The molecule has 1 heterocycles. The van der Waals surface area contributed by atoms with Gasteiger partial charge in [-0.3, -0.25) is 4.79 Å². The Morgan fingerprint density at radius 1 is 1.43 bits per heavy atom. The Morgan fingerprint density at radius 3 is 2.93 bits per heavy atom. The quantitative estimate of drug-likeness (QED) is 0.456. The molecule has 1 aromatic rings. The molecule has 0 amide bonds. The molecule has 0 fully saturated rings. The van der Waals surface area contributed by atoms with Crippen molar-refractivity contribution in [2.24, 2.45) is 0 Å². The summed E-state index contributed by atoms with van der Waals surface area (Å²) in [5.74, 6) is 1.05. The van der Waals surface area contributed by atoms with Crippen LogP contribution in [0.25, 0.3) is 0 Å². The van der Waals surface area contributed by atoms with Gasteiger partial charge in [0.2, 0.25) is 5.03 Å². The third kappa shape index (κ3) is 1.44. The topological polar surface area (TPSA) is 29.1 Å². The molecule has 0 bridgehead atoms. The number of carbonyl (C=O) groups excluding carboxylic acids is 1. The molecule has 0 spiro atoms. The van der Waals surface area contributed by atoms with E-state index in [1.807, 2.05) is 12.1 Å². The van der Waals surface area contributed by atoms with Crippen molar-refractivity contribution in [2.75, 3.05) is 11.1 Å². The maximum atomic E-state index is 10.5. The number of aldehydes is 1. The lowest BCUT2D eigenvalue weighted by molar-refractivity contribution is -0.104. The van der Waals surface area contributed by atoms with Gasteiger partial charge in [0, 0.05) is 0 Å². The zero-order valence-electron chi connectivity index (χ0n) is 7.99. The second-order valence-electron chi connectivity index (χ2n) is 2.97. The molecule has 1 N–H and O–H groups in total. The minimum Gasteiger partial charge on any atom is -0.311 e. The smallest absolute Gasteiger partial charge is 0.234 e. The Kier molecular flexibility index (Phi) is 2.59. The maximum Gasteiger partial charge on any atom is 0.234 e.